The van der Waals surface area contributed by atoms with Crippen LogP contribution in [0.25, 0.3) is 0 Å². The van der Waals surface area contributed by atoms with Crippen molar-refractivity contribution in [1.29, 1.82) is 0 Å². The van der Waals surface area contributed by atoms with E-state index in [1.807, 2.05) is 9.97 Å². The molecule has 0 spiro atoms. The van der Waals surface area contributed by atoms with E-state index in [-0.39, 0.29) is 0 Å². The molecule has 2 nitrogen and oxygen atoms in total. The molecule has 0 aliphatic rings. The summed E-state index contributed by atoms with van der Waals surface area (Å²) in [4.78, 5) is 3.62. The van der Waals surface area contributed by atoms with Gasteiger partial charge in [0.2, 0.25) is 5.82 Å². The van der Waals surface area contributed by atoms with Gasteiger partial charge in [-0.2, -0.15) is 52.7 Å². The number of hydrogen-bond acceptors (Lipinski definition) is 2. The van der Waals surface area contributed by atoms with Crippen LogP contribution in [0.2, 0.25) is 0 Å². The lowest BCUT2D eigenvalue weighted by Gasteiger charge is -2.20. The lowest BCUT2D eigenvalue weighted by atomic mass is 10.1. The number of rotatable bonds is 1. The predicted octanol–water partition coefficient (Wildman–Crippen LogP) is 4.64. The molecular formula is C9H2F12N2. The van der Waals surface area contributed by atoms with Crippen molar-refractivity contribution in [2.75, 3.05) is 0 Å². The van der Waals surface area contributed by atoms with Crippen molar-refractivity contribution in [3.63, 3.8) is 0 Å². The Bertz CT molecular complexity index is 541. The van der Waals surface area contributed by atoms with Gasteiger partial charge in [0.15, 0.2) is 11.4 Å². The zero-order chi connectivity index (χ0) is 18.4. The molecule has 0 amide bonds. The summed E-state index contributed by atoms with van der Waals surface area (Å²) < 4.78 is 149. The number of halogens is 12. The number of nitrogens with zero attached hydrogens (tertiary/aromatic N) is 2. The predicted molar refractivity (Wildman–Crippen MR) is 46.8 cm³/mol. The van der Waals surface area contributed by atoms with Gasteiger partial charge in [-0.1, -0.05) is 0 Å². The molecule has 0 fully saturated rings. The quantitative estimate of drug-likeness (QED) is 0.677. The average Bonchev–Trinajstić information content (AvgIpc) is 2.21. The molecule has 1 aromatic heterocycles. The standard InChI is InChI=1S/C9H2F12N2/c10-6(11,12)1-2-3(7(13,14)15)22-5(9(19,20)21)23-4(2)8(16,17)18/h1H2. The van der Waals surface area contributed by atoms with E-state index >= 15 is 0 Å². The first-order valence-corrected chi connectivity index (χ1v) is 5.12. The fourth-order valence-electron chi connectivity index (χ4n) is 1.45. The summed E-state index contributed by atoms with van der Waals surface area (Å²) in [5.74, 6) is -2.84. The Balaban J connectivity index is 3.82. The fourth-order valence-corrected chi connectivity index (χ4v) is 1.45. The Kier molecular flexibility index (Phi) is 4.53. The normalized spacial score (nSPS) is 14.3. The van der Waals surface area contributed by atoms with Gasteiger partial charge < -0.3 is 0 Å². The lowest BCUT2D eigenvalue weighted by molar-refractivity contribution is -0.163. The molecule has 0 saturated heterocycles. The first kappa shape index (κ1) is 19.3. The van der Waals surface area contributed by atoms with Crippen LogP contribution in [0.5, 0.6) is 0 Å². The van der Waals surface area contributed by atoms with Crippen molar-refractivity contribution < 1.29 is 52.7 Å². The highest BCUT2D eigenvalue weighted by Crippen LogP contribution is 2.41. The molecule has 1 heterocycles. The summed E-state index contributed by atoms with van der Waals surface area (Å²) in [5, 5.41) is 0. The molecule has 0 unspecified atom stereocenters. The third kappa shape index (κ3) is 4.86. The second-order valence-corrected chi connectivity index (χ2v) is 4.01. The van der Waals surface area contributed by atoms with E-state index in [0.29, 0.717) is 0 Å². The van der Waals surface area contributed by atoms with Crippen LogP contribution in [0.15, 0.2) is 0 Å². The van der Waals surface area contributed by atoms with Gasteiger partial charge in [-0.05, 0) is 0 Å². The molecule has 0 aromatic carbocycles. The van der Waals surface area contributed by atoms with Crippen LogP contribution in [-0.4, -0.2) is 16.1 Å². The van der Waals surface area contributed by atoms with E-state index in [2.05, 4.69) is 0 Å². The third-order valence-electron chi connectivity index (χ3n) is 2.17. The maximum atomic E-state index is 12.6. The summed E-state index contributed by atoms with van der Waals surface area (Å²) in [7, 11) is 0. The van der Waals surface area contributed by atoms with Gasteiger partial charge in [0.25, 0.3) is 0 Å². The Morgan fingerprint density at radius 2 is 0.913 bits per heavy atom. The van der Waals surface area contributed by atoms with Gasteiger partial charge in [0, 0.05) is 5.56 Å². The molecule has 14 heteroatoms. The molecule has 132 valence electrons. The van der Waals surface area contributed by atoms with Crippen molar-refractivity contribution in [3.05, 3.63) is 22.8 Å². The second-order valence-electron chi connectivity index (χ2n) is 4.01. The van der Waals surface area contributed by atoms with Gasteiger partial charge in [-0.15, -0.1) is 0 Å². The summed E-state index contributed by atoms with van der Waals surface area (Å²) in [6.07, 6.45) is -26.2. The zero-order valence-corrected chi connectivity index (χ0v) is 10.1. The van der Waals surface area contributed by atoms with Crippen LogP contribution >= 0.6 is 0 Å². The Hall–Kier alpha value is -1.76. The molecule has 0 saturated carbocycles. The van der Waals surface area contributed by atoms with Crippen molar-refractivity contribution >= 4 is 0 Å². The topological polar surface area (TPSA) is 25.8 Å². The average molecular weight is 366 g/mol. The lowest BCUT2D eigenvalue weighted by Crippen LogP contribution is -2.28. The Labute approximate surface area is 118 Å². The zero-order valence-electron chi connectivity index (χ0n) is 10.1. The minimum Gasteiger partial charge on any atom is -0.220 e. The van der Waals surface area contributed by atoms with E-state index < -0.39 is 53.9 Å². The van der Waals surface area contributed by atoms with Crippen LogP contribution in [0.3, 0.4) is 0 Å². The van der Waals surface area contributed by atoms with E-state index in [1.54, 1.807) is 0 Å². The first-order valence-electron chi connectivity index (χ1n) is 5.12. The van der Waals surface area contributed by atoms with Crippen molar-refractivity contribution in [2.24, 2.45) is 0 Å². The van der Waals surface area contributed by atoms with E-state index in [9.17, 15) is 52.7 Å². The number of hydrogen-bond donors (Lipinski definition) is 0. The van der Waals surface area contributed by atoms with Crippen LogP contribution in [-0.2, 0) is 24.9 Å². The van der Waals surface area contributed by atoms with Crippen molar-refractivity contribution in [2.45, 2.75) is 31.1 Å². The molecule has 0 atom stereocenters. The Morgan fingerprint density at radius 1 is 0.565 bits per heavy atom. The summed E-state index contributed by atoms with van der Waals surface area (Å²) in [5.41, 5.74) is -8.40. The minimum absolute atomic E-state index is 1.81. The van der Waals surface area contributed by atoms with Gasteiger partial charge in [-0.25, -0.2) is 9.97 Å². The van der Waals surface area contributed by atoms with E-state index in [0.717, 1.165) is 0 Å². The van der Waals surface area contributed by atoms with Crippen LogP contribution < -0.4 is 0 Å². The molecule has 0 N–H and O–H groups in total. The maximum Gasteiger partial charge on any atom is 0.451 e. The summed E-state index contributed by atoms with van der Waals surface area (Å²) >= 11 is 0. The molecular weight excluding hydrogens is 364 g/mol. The van der Waals surface area contributed by atoms with Gasteiger partial charge in [-0.3, -0.25) is 0 Å². The maximum absolute atomic E-state index is 12.6. The summed E-state index contributed by atoms with van der Waals surface area (Å²) in [6, 6.07) is 0. The smallest absolute Gasteiger partial charge is 0.220 e. The monoisotopic (exact) mass is 366 g/mol. The largest absolute Gasteiger partial charge is 0.451 e. The van der Waals surface area contributed by atoms with Crippen LogP contribution in [0.4, 0.5) is 52.7 Å². The second kappa shape index (κ2) is 5.40. The molecule has 0 aliphatic heterocycles. The number of alkyl halides is 12. The van der Waals surface area contributed by atoms with Gasteiger partial charge in [0.1, 0.15) is 0 Å². The molecule has 1 aromatic rings. The van der Waals surface area contributed by atoms with Gasteiger partial charge in [0.05, 0.1) is 6.42 Å². The molecule has 23 heavy (non-hydrogen) atoms. The van der Waals surface area contributed by atoms with Crippen molar-refractivity contribution in [3.8, 4) is 0 Å². The molecule has 0 bridgehead atoms. The SMILES string of the molecule is FC(F)(F)Cc1c(C(F)(F)F)nc(C(F)(F)F)nc1C(F)(F)F. The summed E-state index contributed by atoms with van der Waals surface area (Å²) in [6.45, 7) is 0. The highest BCUT2D eigenvalue weighted by molar-refractivity contribution is 5.31. The minimum atomic E-state index is -5.98. The molecule has 0 aliphatic carbocycles. The number of aromatic nitrogens is 2. The Morgan fingerprint density at radius 3 is 1.13 bits per heavy atom. The highest BCUT2D eigenvalue weighted by atomic mass is 19.4. The molecule has 0 radical (unpaired) electrons. The highest BCUT2D eigenvalue weighted by Gasteiger charge is 2.49. The fraction of sp³-hybridized carbons (Fsp3) is 0.556. The third-order valence-corrected chi connectivity index (χ3v) is 2.17. The first-order chi connectivity index (χ1) is 9.93. The van der Waals surface area contributed by atoms with Gasteiger partial charge >= 0.3 is 24.7 Å². The van der Waals surface area contributed by atoms with E-state index in [1.165, 1.54) is 0 Å². The van der Waals surface area contributed by atoms with E-state index in [4.69, 9.17) is 0 Å². The van der Waals surface area contributed by atoms with Crippen LogP contribution in [0.1, 0.15) is 22.8 Å². The van der Waals surface area contributed by atoms with Crippen molar-refractivity contribution in [1.82, 2.24) is 9.97 Å². The molecule has 1 rings (SSSR count). The van der Waals surface area contributed by atoms with Crippen LogP contribution in [0, 0.1) is 0 Å².